The molecule has 0 heterocycles. The lowest BCUT2D eigenvalue weighted by atomic mass is 10.1. The van der Waals surface area contributed by atoms with Gasteiger partial charge in [-0.05, 0) is 88.5 Å². The summed E-state index contributed by atoms with van der Waals surface area (Å²) in [7, 11) is 9.67. The molecule has 0 bridgehead atoms. The molecule has 4 aromatic rings. The van der Waals surface area contributed by atoms with E-state index in [4.69, 9.17) is 56.8 Å². The van der Waals surface area contributed by atoms with Crippen LogP contribution in [0, 0.1) is 0 Å². The van der Waals surface area contributed by atoms with Crippen molar-refractivity contribution in [1.82, 2.24) is 0 Å². The summed E-state index contributed by atoms with van der Waals surface area (Å²) < 4.78 is 67.1. The lowest BCUT2D eigenvalue weighted by Crippen LogP contribution is -2.05. The summed E-state index contributed by atoms with van der Waals surface area (Å²) in [6.07, 6.45) is 6.00. The number of hydrogen-bond acceptors (Lipinski definition) is 18. The van der Waals surface area contributed by atoms with Crippen molar-refractivity contribution in [1.29, 1.82) is 0 Å². The van der Waals surface area contributed by atoms with Crippen molar-refractivity contribution in [3.63, 3.8) is 0 Å². The Labute approximate surface area is 398 Å². The first-order chi connectivity index (χ1) is 30.8. The van der Waals surface area contributed by atoms with Gasteiger partial charge in [0.15, 0.2) is 40.8 Å². The van der Waals surface area contributed by atoms with Gasteiger partial charge in [0.05, 0.1) is 14.7 Å². The van der Waals surface area contributed by atoms with Gasteiger partial charge in [-0.25, -0.2) is 0 Å². The van der Waals surface area contributed by atoms with Crippen molar-refractivity contribution in [2.24, 2.45) is 0 Å². The van der Waals surface area contributed by atoms with E-state index in [0.717, 1.165) is 100 Å². The van der Waals surface area contributed by atoms with Crippen LogP contribution in [-0.4, -0.2) is 102 Å². The monoisotopic (exact) mass is 984 g/mol. The molecule has 63 heavy (non-hydrogen) atoms. The van der Waals surface area contributed by atoms with Crippen LogP contribution in [0.1, 0.15) is 33.4 Å². The molecule has 348 valence electrons. The molecule has 0 unspecified atom stereocenters. The summed E-state index contributed by atoms with van der Waals surface area (Å²) in [4.78, 5) is 2.71. The van der Waals surface area contributed by atoms with Crippen molar-refractivity contribution < 1.29 is 56.8 Å². The second-order valence-corrected chi connectivity index (χ2v) is 18.7. The standard InChI is InChI=1S/C45H60O12S6/c1-46-25-52-37-13-34(14-38(43(37)58-7)53-26-47-2)22-61-19-31-10-32(20-62-23-35-15-39(54-27-48-3)44(59-8)40(16-35)55-28-49-4)12-33(11-31)21-63-24-36-17-41(56-29-50-5)45(60-9)42(18-36)57-30-51-6/h10-18H,19-30H2,1-9H3. The SMILES string of the molecule is COCOc1cc(CSCc2cc(CSCc3cc(OCOC)c(SC)c(OCOC)c3)cc(CSCc3cc(OCOC)c(SC)c(OCOC)c3)c2)cc(OCOC)c1SC. The van der Waals surface area contributed by atoms with E-state index >= 15 is 0 Å². The van der Waals surface area contributed by atoms with Gasteiger partial charge in [-0.3, -0.25) is 0 Å². The molecule has 0 aromatic heterocycles. The van der Waals surface area contributed by atoms with Crippen LogP contribution in [0.15, 0.2) is 69.3 Å². The van der Waals surface area contributed by atoms with Crippen LogP contribution < -0.4 is 28.4 Å². The fourth-order valence-electron chi connectivity index (χ4n) is 6.07. The third kappa shape index (κ3) is 17.7. The van der Waals surface area contributed by atoms with E-state index in [-0.39, 0.29) is 40.8 Å². The molecule has 12 nitrogen and oxygen atoms in total. The Morgan fingerprint density at radius 1 is 0.286 bits per heavy atom. The lowest BCUT2D eigenvalue weighted by Gasteiger charge is -2.17. The van der Waals surface area contributed by atoms with Crippen LogP contribution >= 0.6 is 70.6 Å². The van der Waals surface area contributed by atoms with Gasteiger partial charge in [0.2, 0.25) is 0 Å². The number of hydrogen-bond donors (Lipinski definition) is 0. The number of thioether (sulfide) groups is 6. The summed E-state index contributed by atoms with van der Waals surface area (Å²) in [5.74, 6) is 9.06. The summed E-state index contributed by atoms with van der Waals surface area (Å²) in [6, 6.07) is 19.4. The normalized spacial score (nSPS) is 11.2. The van der Waals surface area contributed by atoms with Gasteiger partial charge in [0.1, 0.15) is 34.5 Å². The fraction of sp³-hybridized carbons (Fsp3) is 0.467. The predicted molar refractivity (Wildman–Crippen MR) is 261 cm³/mol. The van der Waals surface area contributed by atoms with Crippen LogP contribution in [0.4, 0.5) is 0 Å². The molecule has 0 fully saturated rings. The van der Waals surface area contributed by atoms with Crippen molar-refractivity contribution in [3.8, 4) is 34.5 Å². The Bertz CT molecular complexity index is 1640. The first kappa shape index (κ1) is 53.2. The Morgan fingerprint density at radius 3 is 0.619 bits per heavy atom. The van der Waals surface area contributed by atoms with Gasteiger partial charge < -0.3 is 56.8 Å². The predicted octanol–water partition coefficient (Wildman–Crippen LogP) is 11.0. The zero-order valence-corrected chi connectivity index (χ0v) is 42.4. The van der Waals surface area contributed by atoms with Crippen LogP contribution in [0.5, 0.6) is 34.5 Å². The maximum absolute atomic E-state index is 5.96. The quantitative estimate of drug-likeness (QED) is 0.0333. The average Bonchev–Trinajstić information content (AvgIpc) is 3.29. The van der Waals surface area contributed by atoms with Crippen LogP contribution in [0.25, 0.3) is 0 Å². The molecule has 4 aromatic carbocycles. The highest BCUT2D eigenvalue weighted by molar-refractivity contribution is 7.99. The molecule has 0 saturated carbocycles. The number of benzene rings is 4. The smallest absolute Gasteiger partial charge is 0.188 e. The topological polar surface area (TPSA) is 111 Å². The van der Waals surface area contributed by atoms with E-state index in [0.29, 0.717) is 0 Å². The van der Waals surface area contributed by atoms with Gasteiger partial charge >= 0.3 is 0 Å². The summed E-state index contributed by atoms with van der Waals surface area (Å²) in [5, 5.41) is 0. The van der Waals surface area contributed by atoms with Gasteiger partial charge in [0.25, 0.3) is 0 Å². The maximum Gasteiger partial charge on any atom is 0.188 e. The minimum Gasteiger partial charge on any atom is -0.466 e. The second kappa shape index (κ2) is 30.7. The van der Waals surface area contributed by atoms with Crippen molar-refractivity contribution in [2.45, 2.75) is 49.2 Å². The Kier molecular flexibility index (Phi) is 25.9. The first-order valence-corrected chi connectivity index (χ1v) is 26.7. The molecule has 4 rings (SSSR count). The van der Waals surface area contributed by atoms with Crippen molar-refractivity contribution >= 4 is 70.6 Å². The third-order valence-corrected chi connectivity index (χ3v) is 14.2. The Hall–Kier alpha value is -2.46. The van der Waals surface area contributed by atoms with Crippen molar-refractivity contribution in [3.05, 3.63) is 88.0 Å². The van der Waals surface area contributed by atoms with Gasteiger partial charge in [0, 0.05) is 77.2 Å². The molecule has 0 aliphatic carbocycles. The zero-order chi connectivity index (χ0) is 45.2. The van der Waals surface area contributed by atoms with E-state index in [1.807, 2.05) is 54.1 Å². The van der Waals surface area contributed by atoms with E-state index in [2.05, 4.69) is 54.6 Å². The maximum atomic E-state index is 5.96. The Balaban J connectivity index is 1.57. The average molecular weight is 985 g/mol. The molecule has 0 N–H and O–H groups in total. The number of ether oxygens (including phenoxy) is 12. The molecule has 0 amide bonds. The number of methoxy groups -OCH3 is 6. The highest BCUT2D eigenvalue weighted by atomic mass is 32.2. The summed E-state index contributed by atoms with van der Waals surface area (Å²) in [5.41, 5.74) is 7.02. The molecule has 0 aliphatic heterocycles. The van der Waals surface area contributed by atoms with Crippen LogP contribution in [0.3, 0.4) is 0 Å². The van der Waals surface area contributed by atoms with Gasteiger partial charge in [-0.1, -0.05) is 18.2 Å². The molecule has 0 spiro atoms. The zero-order valence-electron chi connectivity index (χ0n) is 37.5. The summed E-state index contributed by atoms with van der Waals surface area (Å²) in [6.45, 7) is 0.850. The molecule has 0 radical (unpaired) electrons. The molecular weight excluding hydrogens is 925 g/mol. The largest absolute Gasteiger partial charge is 0.466 e. The summed E-state index contributed by atoms with van der Waals surface area (Å²) >= 11 is 10.2. The minimum atomic E-state index is 0.142. The lowest BCUT2D eigenvalue weighted by molar-refractivity contribution is 0.0417. The fourth-order valence-corrected chi connectivity index (χ4v) is 10.7. The van der Waals surface area contributed by atoms with E-state index < -0.39 is 0 Å². The molecule has 0 aliphatic rings. The van der Waals surface area contributed by atoms with Crippen molar-refractivity contribution in [2.75, 3.05) is 102 Å². The minimum absolute atomic E-state index is 0.142. The van der Waals surface area contributed by atoms with E-state index in [1.165, 1.54) is 16.7 Å². The van der Waals surface area contributed by atoms with E-state index in [9.17, 15) is 0 Å². The first-order valence-electron chi connectivity index (χ1n) is 19.5. The second-order valence-electron chi connectivity index (χ2n) is 13.3. The van der Waals surface area contributed by atoms with Gasteiger partial charge in [-0.2, -0.15) is 35.3 Å². The molecule has 0 atom stereocenters. The number of rotatable bonds is 33. The molecule has 0 saturated heterocycles. The van der Waals surface area contributed by atoms with Crippen LogP contribution in [-0.2, 0) is 62.9 Å². The highest BCUT2D eigenvalue weighted by Crippen LogP contribution is 2.42. The van der Waals surface area contributed by atoms with Crippen LogP contribution in [0.2, 0.25) is 0 Å². The van der Waals surface area contributed by atoms with E-state index in [1.54, 1.807) is 77.9 Å². The molecule has 18 heteroatoms. The third-order valence-electron chi connectivity index (χ3n) is 8.57. The Morgan fingerprint density at radius 2 is 0.460 bits per heavy atom. The molecular formula is C45H60O12S6. The van der Waals surface area contributed by atoms with Gasteiger partial charge in [-0.15, -0.1) is 35.3 Å². The highest BCUT2D eigenvalue weighted by Gasteiger charge is 2.17.